The van der Waals surface area contributed by atoms with Crippen molar-refractivity contribution >= 4 is 22.6 Å². The molecule has 0 radical (unpaired) electrons. The van der Waals surface area contributed by atoms with Crippen molar-refractivity contribution in [2.45, 2.75) is 0 Å². The first-order chi connectivity index (χ1) is 12.2. The summed E-state index contributed by atoms with van der Waals surface area (Å²) in [6.07, 6.45) is 2.95. The highest BCUT2D eigenvalue weighted by Gasteiger charge is 2.15. The van der Waals surface area contributed by atoms with Crippen LogP contribution in [0.2, 0.25) is 0 Å². The van der Waals surface area contributed by atoms with Crippen molar-refractivity contribution in [2.24, 2.45) is 0 Å². The van der Waals surface area contributed by atoms with E-state index in [1.54, 1.807) is 37.6 Å². The number of carbonyl (C=O) groups excluding carboxylic acids is 1. The standard InChI is InChI=1S/C19H14N2O4/c1-23-16-9-13(6-7-14(16)18-10-20-11-24-18)21-19(22)17-8-12-4-2-3-5-15(12)25-17/h2-11H,1H3,(H,21,22). The van der Waals surface area contributed by atoms with Gasteiger partial charge in [-0.3, -0.25) is 4.79 Å². The summed E-state index contributed by atoms with van der Waals surface area (Å²) in [6.45, 7) is 0. The molecule has 2 aromatic heterocycles. The zero-order chi connectivity index (χ0) is 17.2. The Balaban J connectivity index is 1.60. The summed E-state index contributed by atoms with van der Waals surface area (Å²) in [5.74, 6) is 1.08. The van der Waals surface area contributed by atoms with E-state index in [2.05, 4.69) is 10.3 Å². The lowest BCUT2D eigenvalue weighted by atomic mass is 10.1. The molecule has 1 amide bonds. The molecule has 4 aromatic rings. The third-order valence-corrected chi connectivity index (χ3v) is 3.81. The smallest absolute Gasteiger partial charge is 0.291 e. The molecule has 0 saturated heterocycles. The number of amides is 1. The van der Waals surface area contributed by atoms with E-state index < -0.39 is 0 Å². The number of ether oxygens (including phenoxy) is 1. The predicted octanol–water partition coefficient (Wildman–Crippen LogP) is 4.35. The fraction of sp³-hybridized carbons (Fsp3) is 0.0526. The van der Waals surface area contributed by atoms with Crippen LogP contribution in [0.25, 0.3) is 22.3 Å². The number of methoxy groups -OCH3 is 1. The molecule has 0 aliphatic rings. The van der Waals surface area contributed by atoms with Crippen molar-refractivity contribution in [2.75, 3.05) is 12.4 Å². The topological polar surface area (TPSA) is 77.5 Å². The summed E-state index contributed by atoms with van der Waals surface area (Å²) < 4.78 is 16.2. The monoisotopic (exact) mass is 334 g/mol. The van der Waals surface area contributed by atoms with Gasteiger partial charge in [-0.05, 0) is 24.3 Å². The lowest BCUT2D eigenvalue weighted by Crippen LogP contribution is -2.10. The fourth-order valence-corrected chi connectivity index (χ4v) is 2.61. The van der Waals surface area contributed by atoms with Crippen LogP contribution in [0, 0.1) is 0 Å². The zero-order valence-electron chi connectivity index (χ0n) is 13.4. The van der Waals surface area contributed by atoms with Gasteiger partial charge in [0.2, 0.25) is 0 Å². The van der Waals surface area contributed by atoms with Crippen LogP contribution < -0.4 is 10.1 Å². The van der Waals surface area contributed by atoms with Gasteiger partial charge in [-0.1, -0.05) is 18.2 Å². The summed E-state index contributed by atoms with van der Waals surface area (Å²) in [5.41, 5.74) is 2.01. The average Bonchev–Trinajstić information content (AvgIpc) is 3.31. The van der Waals surface area contributed by atoms with Gasteiger partial charge in [0.25, 0.3) is 5.91 Å². The second kappa shape index (κ2) is 6.16. The Morgan fingerprint density at radius 1 is 1.16 bits per heavy atom. The van der Waals surface area contributed by atoms with E-state index in [-0.39, 0.29) is 11.7 Å². The molecular formula is C19H14N2O4. The molecule has 2 aromatic carbocycles. The number of carbonyl (C=O) groups is 1. The zero-order valence-corrected chi connectivity index (χ0v) is 13.4. The van der Waals surface area contributed by atoms with E-state index in [0.717, 1.165) is 10.9 Å². The van der Waals surface area contributed by atoms with Crippen LogP contribution in [0.15, 0.2) is 70.0 Å². The van der Waals surface area contributed by atoms with Gasteiger partial charge in [-0.15, -0.1) is 0 Å². The molecule has 6 nitrogen and oxygen atoms in total. The molecule has 6 heteroatoms. The normalized spacial score (nSPS) is 10.8. The summed E-state index contributed by atoms with van der Waals surface area (Å²) in [6, 6.07) is 14.5. The van der Waals surface area contributed by atoms with Crippen LogP contribution in [0.3, 0.4) is 0 Å². The van der Waals surface area contributed by atoms with Crippen LogP contribution in [0.4, 0.5) is 5.69 Å². The Hall–Kier alpha value is -3.54. The van der Waals surface area contributed by atoms with Crippen LogP contribution in [0.5, 0.6) is 5.75 Å². The number of oxazole rings is 1. The van der Waals surface area contributed by atoms with E-state index in [4.69, 9.17) is 13.6 Å². The van der Waals surface area contributed by atoms with Crippen molar-refractivity contribution < 1.29 is 18.4 Å². The molecule has 0 unspecified atom stereocenters. The number of anilines is 1. The lowest BCUT2D eigenvalue weighted by molar-refractivity contribution is 0.0998. The van der Waals surface area contributed by atoms with Crippen LogP contribution in [0.1, 0.15) is 10.6 Å². The molecule has 4 rings (SSSR count). The molecule has 0 aliphatic heterocycles. The minimum absolute atomic E-state index is 0.250. The SMILES string of the molecule is COc1cc(NC(=O)c2cc3ccccc3o2)ccc1-c1cnco1. The van der Waals surface area contributed by atoms with Gasteiger partial charge >= 0.3 is 0 Å². The Morgan fingerprint density at radius 3 is 2.80 bits per heavy atom. The Bertz CT molecular complexity index is 1000. The largest absolute Gasteiger partial charge is 0.496 e. The van der Waals surface area contributed by atoms with Gasteiger partial charge in [0, 0.05) is 17.1 Å². The van der Waals surface area contributed by atoms with E-state index in [1.165, 1.54) is 6.39 Å². The molecule has 0 bridgehead atoms. The average molecular weight is 334 g/mol. The van der Waals surface area contributed by atoms with Crippen LogP contribution >= 0.6 is 0 Å². The number of nitrogens with zero attached hydrogens (tertiary/aromatic N) is 1. The molecular weight excluding hydrogens is 320 g/mol. The summed E-state index contributed by atoms with van der Waals surface area (Å²) in [5, 5.41) is 3.69. The number of furan rings is 1. The molecule has 0 fully saturated rings. The molecule has 0 aliphatic carbocycles. The van der Waals surface area contributed by atoms with Gasteiger partial charge in [0.1, 0.15) is 11.3 Å². The van der Waals surface area contributed by atoms with Crippen LogP contribution in [-0.2, 0) is 0 Å². The first kappa shape index (κ1) is 15.0. The number of fused-ring (bicyclic) bond motifs is 1. The van der Waals surface area contributed by atoms with Gasteiger partial charge in [-0.25, -0.2) is 4.98 Å². The predicted molar refractivity (Wildman–Crippen MR) is 92.7 cm³/mol. The van der Waals surface area contributed by atoms with Crippen molar-refractivity contribution in [1.29, 1.82) is 0 Å². The first-order valence-corrected chi connectivity index (χ1v) is 7.61. The third-order valence-electron chi connectivity index (χ3n) is 3.81. The summed E-state index contributed by atoms with van der Waals surface area (Å²) >= 11 is 0. The summed E-state index contributed by atoms with van der Waals surface area (Å²) in [7, 11) is 1.56. The second-order valence-electron chi connectivity index (χ2n) is 5.38. The number of aromatic nitrogens is 1. The summed E-state index contributed by atoms with van der Waals surface area (Å²) in [4.78, 5) is 16.3. The Labute approximate surface area is 143 Å². The maximum Gasteiger partial charge on any atom is 0.291 e. The maximum absolute atomic E-state index is 12.4. The van der Waals surface area contributed by atoms with E-state index in [9.17, 15) is 4.79 Å². The number of hydrogen-bond acceptors (Lipinski definition) is 5. The number of hydrogen-bond donors (Lipinski definition) is 1. The maximum atomic E-state index is 12.4. The van der Waals surface area contributed by atoms with E-state index >= 15 is 0 Å². The molecule has 0 saturated carbocycles. The number of rotatable bonds is 4. The highest BCUT2D eigenvalue weighted by molar-refractivity contribution is 6.04. The fourth-order valence-electron chi connectivity index (χ4n) is 2.61. The van der Waals surface area contributed by atoms with Gasteiger partial charge in [-0.2, -0.15) is 0 Å². The first-order valence-electron chi connectivity index (χ1n) is 7.61. The highest BCUT2D eigenvalue weighted by atomic mass is 16.5. The number of benzene rings is 2. The number of para-hydroxylation sites is 1. The molecule has 0 spiro atoms. The lowest BCUT2D eigenvalue weighted by Gasteiger charge is -2.09. The highest BCUT2D eigenvalue weighted by Crippen LogP contribution is 2.32. The van der Waals surface area contributed by atoms with Crippen molar-refractivity contribution in [3.63, 3.8) is 0 Å². The van der Waals surface area contributed by atoms with Crippen molar-refractivity contribution in [1.82, 2.24) is 4.98 Å². The van der Waals surface area contributed by atoms with Gasteiger partial charge in [0.05, 0.1) is 18.9 Å². The molecule has 124 valence electrons. The quantitative estimate of drug-likeness (QED) is 0.600. The Kier molecular flexibility index (Phi) is 3.70. The second-order valence-corrected chi connectivity index (χ2v) is 5.38. The number of nitrogens with one attached hydrogen (secondary N) is 1. The minimum atomic E-state index is -0.328. The minimum Gasteiger partial charge on any atom is -0.496 e. The van der Waals surface area contributed by atoms with E-state index in [1.807, 2.05) is 24.3 Å². The van der Waals surface area contributed by atoms with Crippen molar-refractivity contribution in [3.05, 3.63) is 66.9 Å². The van der Waals surface area contributed by atoms with Crippen LogP contribution in [-0.4, -0.2) is 18.0 Å². The Morgan fingerprint density at radius 2 is 2.04 bits per heavy atom. The molecule has 1 N–H and O–H groups in total. The third kappa shape index (κ3) is 2.85. The van der Waals surface area contributed by atoms with Crippen molar-refractivity contribution in [3.8, 4) is 17.1 Å². The van der Waals surface area contributed by atoms with Gasteiger partial charge < -0.3 is 18.9 Å². The van der Waals surface area contributed by atoms with Gasteiger partial charge in [0.15, 0.2) is 17.9 Å². The molecule has 25 heavy (non-hydrogen) atoms. The molecule has 2 heterocycles. The van der Waals surface area contributed by atoms with E-state index in [0.29, 0.717) is 22.8 Å². The molecule has 0 atom stereocenters.